The smallest absolute Gasteiger partial charge is 0.265 e. The summed E-state index contributed by atoms with van der Waals surface area (Å²) >= 11 is 0. The number of hydrogen-bond donors (Lipinski definition) is 1. The quantitative estimate of drug-likeness (QED) is 0.874. The highest BCUT2D eigenvalue weighted by atomic mass is 19.1. The van der Waals surface area contributed by atoms with E-state index in [1.54, 1.807) is 12.1 Å². The van der Waals surface area contributed by atoms with Crippen molar-refractivity contribution in [1.82, 2.24) is 4.90 Å². The van der Waals surface area contributed by atoms with E-state index in [9.17, 15) is 18.8 Å². The van der Waals surface area contributed by atoms with Crippen LogP contribution in [0.15, 0.2) is 42.5 Å². The number of halogens is 1. The SMILES string of the molecule is N#Cc1ccccc1NC(=O)CN1C(=O)c2cccc(F)c2C1=O. The fraction of sp³-hybridized carbons (Fsp3) is 0.0588. The molecule has 2 aromatic carbocycles. The van der Waals surface area contributed by atoms with Crippen LogP contribution in [0.5, 0.6) is 0 Å². The average molecular weight is 323 g/mol. The lowest BCUT2D eigenvalue weighted by molar-refractivity contribution is -0.116. The zero-order valence-corrected chi connectivity index (χ0v) is 12.2. The van der Waals surface area contributed by atoms with E-state index >= 15 is 0 Å². The summed E-state index contributed by atoms with van der Waals surface area (Å²) in [6.07, 6.45) is 0. The molecule has 7 heteroatoms. The van der Waals surface area contributed by atoms with Crippen molar-refractivity contribution in [3.05, 3.63) is 65.0 Å². The maximum atomic E-state index is 13.7. The van der Waals surface area contributed by atoms with Crippen LogP contribution in [0.4, 0.5) is 10.1 Å². The maximum Gasteiger partial charge on any atom is 0.265 e. The Morgan fingerprint density at radius 1 is 1.12 bits per heavy atom. The molecule has 1 heterocycles. The molecular weight excluding hydrogens is 313 g/mol. The molecule has 0 bridgehead atoms. The summed E-state index contributed by atoms with van der Waals surface area (Å²) in [6, 6.07) is 12.0. The highest BCUT2D eigenvalue weighted by Crippen LogP contribution is 2.25. The number of nitrogens with one attached hydrogen (secondary N) is 1. The molecule has 1 aliphatic rings. The minimum Gasteiger partial charge on any atom is -0.323 e. The lowest BCUT2D eigenvalue weighted by Crippen LogP contribution is -2.37. The molecule has 0 atom stereocenters. The monoisotopic (exact) mass is 323 g/mol. The first-order valence-electron chi connectivity index (χ1n) is 6.96. The van der Waals surface area contributed by atoms with Crippen LogP contribution in [0.25, 0.3) is 0 Å². The molecule has 0 aromatic heterocycles. The fourth-order valence-corrected chi connectivity index (χ4v) is 2.46. The number of nitriles is 1. The Labute approximate surface area is 136 Å². The van der Waals surface area contributed by atoms with Crippen LogP contribution in [-0.4, -0.2) is 29.2 Å². The molecule has 0 saturated heterocycles. The summed E-state index contributed by atoms with van der Waals surface area (Å²) in [5.74, 6) is -3.04. The van der Waals surface area contributed by atoms with E-state index in [0.29, 0.717) is 4.90 Å². The van der Waals surface area contributed by atoms with Crippen molar-refractivity contribution in [2.24, 2.45) is 0 Å². The molecule has 1 aliphatic heterocycles. The van der Waals surface area contributed by atoms with Crippen LogP contribution in [0, 0.1) is 17.1 Å². The third-order valence-electron chi connectivity index (χ3n) is 3.57. The van der Waals surface area contributed by atoms with E-state index in [1.165, 1.54) is 24.3 Å². The maximum absolute atomic E-state index is 13.7. The summed E-state index contributed by atoms with van der Waals surface area (Å²) < 4.78 is 13.7. The van der Waals surface area contributed by atoms with Gasteiger partial charge in [-0.25, -0.2) is 4.39 Å². The molecule has 0 fully saturated rings. The van der Waals surface area contributed by atoms with Gasteiger partial charge in [-0.2, -0.15) is 5.26 Å². The Morgan fingerprint density at radius 2 is 1.88 bits per heavy atom. The van der Waals surface area contributed by atoms with Crippen molar-refractivity contribution in [1.29, 1.82) is 5.26 Å². The number of carbonyl (C=O) groups excluding carboxylic acids is 3. The number of rotatable bonds is 3. The minimum atomic E-state index is -0.850. The van der Waals surface area contributed by atoms with Crippen LogP contribution >= 0.6 is 0 Å². The summed E-state index contributed by atoms with van der Waals surface area (Å²) in [6.45, 7) is -0.564. The highest BCUT2D eigenvalue weighted by Gasteiger charge is 2.38. The van der Waals surface area contributed by atoms with E-state index in [2.05, 4.69) is 5.32 Å². The number of anilines is 1. The number of imide groups is 1. The molecule has 1 N–H and O–H groups in total. The second kappa shape index (κ2) is 5.93. The molecule has 0 unspecified atom stereocenters. The van der Waals surface area contributed by atoms with E-state index in [4.69, 9.17) is 5.26 Å². The Balaban J connectivity index is 1.79. The molecule has 0 saturated carbocycles. The standard InChI is InChI=1S/C17H10FN3O3/c18-12-6-3-5-11-15(12)17(24)21(16(11)23)9-14(22)20-13-7-2-1-4-10(13)8-19/h1-7H,9H2,(H,20,22). The first-order chi connectivity index (χ1) is 11.5. The lowest BCUT2D eigenvalue weighted by atomic mass is 10.1. The van der Waals surface area contributed by atoms with Gasteiger partial charge in [-0.15, -0.1) is 0 Å². The van der Waals surface area contributed by atoms with E-state index in [0.717, 1.165) is 6.07 Å². The second-order valence-corrected chi connectivity index (χ2v) is 5.06. The fourth-order valence-electron chi connectivity index (χ4n) is 2.46. The van der Waals surface area contributed by atoms with Gasteiger partial charge in [0.05, 0.1) is 22.4 Å². The number of amides is 3. The van der Waals surface area contributed by atoms with Crippen molar-refractivity contribution in [3.8, 4) is 6.07 Å². The third-order valence-corrected chi connectivity index (χ3v) is 3.57. The zero-order valence-electron chi connectivity index (χ0n) is 12.2. The van der Waals surface area contributed by atoms with Crippen LogP contribution in [0.2, 0.25) is 0 Å². The number of nitrogens with zero attached hydrogens (tertiary/aromatic N) is 2. The third kappa shape index (κ3) is 2.50. The number of carbonyl (C=O) groups is 3. The van der Waals surface area contributed by atoms with Gasteiger partial charge in [0.25, 0.3) is 11.8 Å². The van der Waals surface area contributed by atoms with Crippen molar-refractivity contribution < 1.29 is 18.8 Å². The molecule has 0 aliphatic carbocycles. The summed E-state index contributed by atoms with van der Waals surface area (Å²) in [5, 5.41) is 11.5. The molecular formula is C17H10FN3O3. The topological polar surface area (TPSA) is 90.3 Å². The molecule has 3 rings (SSSR count). The van der Waals surface area contributed by atoms with Crippen molar-refractivity contribution in [3.63, 3.8) is 0 Å². The van der Waals surface area contributed by atoms with Gasteiger partial charge in [-0.1, -0.05) is 18.2 Å². The van der Waals surface area contributed by atoms with Crippen LogP contribution < -0.4 is 5.32 Å². The normalized spacial score (nSPS) is 12.8. The predicted molar refractivity (Wildman–Crippen MR) is 81.6 cm³/mol. The number of para-hydroxylation sites is 1. The zero-order chi connectivity index (χ0) is 17.3. The van der Waals surface area contributed by atoms with Crippen LogP contribution in [0.3, 0.4) is 0 Å². The second-order valence-electron chi connectivity index (χ2n) is 5.06. The van der Waals surface area contributed by atoms with Crippen LogP contribution in [0.1, 0.15) is 26.3 Å². The first kappa shape index (κ1) is 15.4. The Hall–Kier alpha value is -3.53. The largest absolute Gasteiger partial charge is 0.323 e. The molecule has 0 radical (unpaired) electrons. The van der Waals surface area contributed by atoms with Gasteiger partial charge in [0.15, 0.2) is 0 Å². The van der Waals surface area contributed by atoms with Gasteiger partial charge in [0, 0.05) is 0 Å². The molecule has 2 aromatic rings. The van der Waals surface area contributed by atoms with Crippen molar-refractivity contribution >= 4 is 23.4 Å². The number of hydrogen-bond acceptors (Lipinski definition) is 4. The van der Waals surface area contributed by atoms with Gasteiger partial charge >= 0.3 is 0 Å². The molecule has 3 amide bonds. The van der Waals surface area contributed by atoms with Crippen molar-refractivity contribution in [2.45, 2.75) is 0 Å². The number of benzene rings is 2. The Bertz CT molecular complexity index is 918. The van der Waals surface area contributed by atoms with Gasteiger partial charge in [-0.3, -0.25) is 19.3 Å². The van der Waals surface area contributed by atoms with Gasteiger partial charge < -0.3 is 5.32 Å². The van der Waals surface area contributed by atoms with Crippen molar-refractivity contribution in [2.75, 3.05) is 11.9 Å². The summed E-state index contributed by atoms with van der Waals surface area (Å²) in [5.41, 5.74) is 0.130. The predicted octanol–water partition coefficient (Wildman–Crippen LogP) is 1.93. The van der Waals surface area contributed by atoms with Gasteiger partial charge in [0.1, 0.15) is 18.4 Å². The summed E-state index contributed by atoms with van der Waals surface area (Å²) in [4.78, 5) is 37.1. The lowest BCUT2D eigenvalue weighted by Gasteiger charge is -2.14. The molecule has 118 valence electrons. The molecule has 0 spiro atoms. The van der Waals surface area contributed by atoms with E-state index in [-0.39, 0.29) is 22.4 Å². The average Bonchev–Trinajstić information content (AvgIpc) is 2.81. The Kier molecular flexibility index (Phi) is 3.80. The van der Waals surface area contributed by atoms with Crippen LogP contribution in [-0.2, 0) is 4.79 Å². The molecule has 24 heavy (non-hydrogen) atoms. The minimum absolute atomic E-state index is 0.0646. The van der Waals surface area contributed by atoms with E-state index < -0.39 is 30.1 Å². The number of fused-ring (bicyclic) bond motifs is 1. The molecule has 6 nitrogen and oxygen atoms in total. The summed E-state index contributed by atoms with van der Waals surface area (Å²) in [7, 11) is 0. The van der Waals surface area contributed by atoms with E-state index in [1.807, 2.05) is 6.07 Å². The van der Waals surface area contributed by atoms with Gasteiger partial charge in [-0.05, 0) is 24.3 Å². The first-order valence-corrected chi connectivity index (χ1v) is 6.96. The Morgan fingerprint density at radius 3 is 2.58 bits per heavy atom. The highest BCUT2D eigenvalue weighted by molar-refractivity contribution is 6.22. The van der Waals surface area contributed by atoms with Gasteiger partial charge in [0.2, 0.25) is 5.91 Å².